The molecule has 0 bridgehead atoms. The molecule has 1 saturated heterocycles. The summed E-state index contributed by atoms with van der Waals surface area (Å²) in [4.78, 5) is 13.1. The van der Waals surface area contributed by atoms with Gasteiger partial charge in [-0.2, -0.15) is 0 Å². The Hall–Kier alpha value is -3.67. The zero-order valence-electron chi connectivity index (χ0n) is 55.0. The molecule has 0 radical (unpaired) electrons. The van der Waals surface area contributed by atoms with Crippen LogP contribution in [0.5, 0.6) is 0 Å². The molecule has 1 rings (SSSR count). The maximum absolute atomic E-state index is 13.1. The minimum Gasteiger partial charge on any atom is -0.394 e. The average molecular weight is 1200 g/mol. The molecule has 0 saturated carbocycles. The first kappa shape index (κ1) is 80.3. The van der Waals surface area contributed by atoms with Crippen LogP contribution in [-0.2, 0) is 14.3 Å². The van der Waals surface area contributed by atoms with Crippen molar-refractivity contribution in [3.8, 4) is 0 Å². The molecule has 7 atom stereocenters. The van der Waals surface area contributed by atoms with E-state index in [1.807, 2.05) is 6.08 Å². The molecular formula is C77H131NO8. The Morgan fingerprint density at radius 3 is 1.12 bits per heavy atom. The van der Waals surface area contributed by atoms with E-state index in [2.05, 4.69) is 141 Å². The second-order valence-corrected chi connectivity index (χ2v) is 23.9. The number of allylic oxidation sites excluding steroid dienone is 21. The Labute approximate surface area is 528 Å². The van der Waals surface area contributed by atoms with Crippen molar-refractivity contribution in [3.05, 3.63) is 134 Å². The van der Waals surface area contributed by atoms with Crippen molar-refractivity contribution < 1.29 is 39.8 Å². The molecule has 1 aliphatic heterocycles. The summed E-state index contributed by atoms with van der Waals surface area (Å²) in [5.41, 5.74) is 0. The van der Waals surface area contributed by atoms with Gasteiger partial charge in [0.25, 0.3) is 0 Å². The van der Waals surface area contributed by atoms with Gasteiger partial charge < -0.3 is 40.3 Å². The van der Waals surface area contributed by atoms with E-state index in [0.717, 1.165) is 109 Å². The van der Waals surface area contributed by atoms with Crippen LogP contribution in [0.1, 0.15) is 290 Å². The molecule has 6 N–H and O–H groups in total. The van der Waals surface area contributed by atoms with Crippen LogP contribution in [0.25, 0.3) is 0 Å². The molecule has 1 amide bonds. The van der Waals surface area contributed by atoms with Gasteiger partial charge in [0.05, 0.1) is 25.4 Å². The predicted octanol–water partition coefficient (Wildman–Crippen LogP) is 19.6. The SMILES string of the molecule is CC/C=C\C/C=C\C/C=C\C/C=C\C/C=C\C/C=C\C/C=C\C/C=C\C/C=C\CCCCCCCCCCCCCC(=O)NC(COC1OC(CO)C(O)C(O)C1O)C(O)/C=C/CC/C=C/CCCCCCCCCCCCCCCCCCCC. The van der Waals surface area contributed by atoms with Crippen LogP contribution in [-0.4, -0.2) is 87.5 Å². The maximum Gasteiger partial charge on any atom is 0.220 e. The van der Waals surface area contributed by atoms with E-state index in [-0.39, 0.29) is 12.5 Å². The van der Waals surface area contributed by atoms with Crippen molar-refractivity contribution >= 4 is 5.91 Å². The van der Waals surface area contributed by atoms with Crippen molar-refractivity contribution in [2.75, 3.05) is 13.2 Å². The summed E-state index contributed by atoms with van der Waals surface area (Å²) in [6.45, 7) is 3.67. The van der Waals surface area contributed by atoms with Gasteiger partial charge in [0.15, 0.2) is 6.29 Å². The van der Waals surface area contributed by atoms with E-state index in [9.17, 15) is 30.3 Å². The number of aliphatic hydroxyl groups excluding tert-OH is 5. The van der Waals surface area contributed by atoms with Crippen LogP contribution in [0.4, 0.5) is 0 Å². The molecule has 0 aromatic carbocycles. The fourth-order valence-electron chi connectivity index (χ4n) is 10.5. The van der Waals surface area contributed by atoms with Crippen molar-refractivity contribution in [2.24, 2.45) is 0 Å². The van der Waals surface area contributed by atoms with E-state index < -0.39 is 49.5 Å². The van der Waals surface area contributed by atoms with Gasteiger partial charge in [0, 0.05) is 6.42 Å². The van der Waals surface area contributed by atoms with Crippen LogP contribution in [0.3, 0.4) is 0 Å². The van der Waals surface area contributed by atoms with Gasteiger partial charge in [-0.3, -0.25) is 4.79 Å². The Morgan fingerprint density at radius 2 is 0.733 bits per heavy atom. The molecule has 0 spiro atoms. The summed E-state index contributed by atoms with van der Waals surface area (Å²) >= 11 is 0. The van der Waals surface area contributed by atoms with E-state index >= 15 is 0 Å². The minimum atomic E-state index is -1.58. The molecule has 1 aliphatic rings. The van der Waals surface area contributed by atoms with Gasteiger partial charge in [-0.25, -0.2) is 0 Å². The monoisotopic (exact) mass is 1200 g/mol. The predicted molar refractivity (Wildman–Crippen MR) is 368 cm³/mol. The standard InChI is InChI=1S/C77H131NO8/c1-3-5-7-9-11-13-15-17-19-21-23-25-27-29-30-31-32-33-34-35-36-37-38-39-40-41-42-43-45-47-49-51-53-55-57-59-61-63-65-67-73(81)78-70(69-85-77-76(84)75(83)74(82)72(68-79)86-77)71(80)66-64-62-60-58-56-54-52-50-48-46-44-28-26-24-22-20-18-16-14-12-10-8-6-4-2/h5,7,11,13,17,19,23,25,29-30,32-33,35-36,38-39,41-42,56,58,64,66,70-72,74-77,79-80,82-84H,3-4,6,8-10,12,14-16,18,20-22,24,26-28,31,34,37,40,43-55,57,59-63,65,67-69H2,1-2H3,(H,78,81)/b7-5-,13-11-,19-17-,25-23-,30-29-,33-32-,36-35-,39-38-,42-41-,58-56+,66-64+. The second-order valence-electron chi connectivity index (χ2n) is 23.9. The maximum atomic E-state index is 13.1. The highest BCUT2D eigenvalue weighted by atomic mass is 16.7. The lowest BCUT2D eigenvalue weighted by Gasteiger charge is -2.40. The van der Waals surface area contributed by atoms with Crippen molar-refractivity contribution in [1.82, 2.24) is 5.32 Å². The van der Waals surface area contributed by atoms with Gasteiger partial charge in [-0.1, -0.05) is 314 Å². The number of carbonyl (C=O) groups excluding carboxylic acids is 1. The molecule has 1 fully saturated rings. The summed E-state index contributed by atoms with van der Waals surface area (Å²) in [5, 5.41) is 54.7. The lowest BCUT2D eigenvalue weighted by atomic mass is 9.99. The first-order chi connectivity index (χ1) is 42.3. The number of ether oxygens (including phenoxy) is 2. The van der Waals surface area contributed by atoms with E-state index in [1.54, 1.807) is 6.08 Å². The highest BCUT2D eigenvalue weighted by molar-refractivity contribution is 5.76. The molecule has 1 heterocycles. The van der Waals surface area contributed by atoms with E-state index in [4.69, 9.17) is 9.47 Å². The quantitative estimate of drug-likeness (QED) is 0.0261. The van der Waals surface area contributed by atoms with Crippen molar-refractivity contribution in [1.29, 1.82) is 0 Å². The van der Waals surface area contributed by atoms with Crippen LogP contribution in [0.15, 0.2) is 134 Å². The molecule has 7 unspecified atom stereocenters. The molecule has 0 aromatic heterocycles. The zero-order valence-corrected chi connectivity index (χ0v) is 55.0. The van der Waals surface area contributed by atoms with Gasteiger partial charge in [0.1, 0.15) is 24.4 Å². The number of aliphatic hydroxyl groups is 5. The van der Waals surface area contributed by atoms with Crippen LogP contribution < -0.4 is 5.32 Å². The third kappa shape index (κ3) is 52.3. The summed E-state index contributed by atoms with van der Waals surface area (Å²) in [7, 11) is 0. The summed E-state index contributed by atoms with van der Waals surface area (Å²) in [6, 6.07) is -0.834. The normalized spacial score (nSPS) is 18.9. The Bertz CT molecular complexity index is 1820. The highest BCUT2D eigenvalue weighted by Crippen LogP contribution is 2.23. The highest BCUT2D eigenvalue weighted by Gasteiger charge is 2.44. The third-order valence-corrected chi connectivity index (χ3v) is 16.0. The fourth-order valence-corrected chi connectivity index (χ4v) is 10.5. The molecule has 0 aromatic rings. The Kier molecular flexibility index (Phi) is 60.1. The van der Waals surface area contributed by atoms with Gasteiger partial charge in [-0.05, 0) is 103 Å². The van der Waals surface area contributed by atoms with Gasteiger partial charge >= 0.3 is 0 Å². The van der Waals surface area contributed by atoms with Crippen LogP contribution in [0.2, 0.25) is 0 Å². The molecule has 86 heavy (non-hydrogen) atoms. The molecule has 0 aliphatic carbocycles. The molecule has 9 heteroatoms. The summed E-state index contributed by atoms with van der Waals surface area (Å²) in [6.07, 6.45) is 91.2. The largest absolute Gasteiger partial charge is 0.394 e. The van der Waals surface area contributed by atoms with Gasteiger partial charge in [0.2, 0.25) is 5.91 Å². The number of amides is 1. The van der Waals surface area contributed by atoms with Crippen LogP contribution in [0, 0.1) is 0 Å². The van der Waals surface area contributed by atoms with E-state index in [1.165, 1.54) is 161 Å². The van der Waals surface area contributed by atoms with Crippen molar-refractivity contribution in [3.63, 3.8) is 0 Å². The smallest absolute Gasteiger partial charge is 0.220 e. The average Bonchev–Trinajstić information content (AvgIpc) is 3.55. The third-order valence-electron chi connectivity index (χ3n) is 16.0. The number of rotatable bonds is 60. The van der Waals surface area contributed by atoms with Crippen LogP contribution >= 0.6 is 0 Å². The second kappa shape index (κ2) is 64.3. The number of nitrogens with one attached hydrogen (secondary N) is 1. The number of carbonyl (C=O) groups is 1. The lowest BCUT2D eigenvalue weighted by molar-refractivity contribution is -0.302. The van der Waals surface area contributed by atoms with Gasteiger partial charge in [-0.15, -0.1) is 0 Å². The summed E-state index contributed by atoms with van der Waals surface area (Å²) in [5.74, 6) is -0.193. The topological polar surface area (TPSA) is 149 Å². The first-order valence-corrected chi connectivity index (χ1v) is 35.4. The minimum absolute atomic E-state index is 0.193. The van der Waals surface area contributed by atoms with E-state index in [0.29, 0.717) is 6.42 Å². The molecular weight excluding hydrogens is 1070 g/mol. The van der Waals surface area contributed by atoms with Crippen molar-refractivity contribution in [2.45, 2.75) is 333 Å². The Balaban J connectivity index is 2.16. The Morgan fingerprint density at radius 1 is 0.407 bits per heavy atom. The fraction of sp³-hybridized carbons (Fsp3) is 0.701. The molecule has 492 valence electrons. The number of unbranched alkanes of at least 4 members (excludes halogenated alkanes) is 30. The lowest BCUT2D eigenvalue weighted by Crippen LogP contribution is -2.60. The molecule has 9 nitrogen and oxygen atoms in total. The summed E-state index contributed by atoms with van der Waals surface area (Å²) < 4.78 is 11.3. The number of hydrogen-bond acceptors (Lipinski definition) is 8. The number of hydrogen-bond donors (Lipinski definition) is 6. The zero-order chi connectivity index (χ0) is 62.1. The first-order valence-electron chi connectivity index (χ1n) is 35.4.